The molecule has 1 N–H and O–H groups in total. The Morgan fingerprint density at radius 3 is 2.56 bits per heavy atom. The van der Waals surface area contributed by atoms with Crippen LogP contribution in [0.2, 0.25) is 0 Å². The van der Waals surface area contributed by atoms with Crippen molar-refractivity contribution in [3.63, 3.8) is 0 Å². The maximum Gasteiger partial charge on any atom is 0.341 e. The van der Waals surface area contributed by atoms with Crippen LogP contribution in [0.3, 0.4) is 0 Å². The van der Waals surface area contributed by atoms with Crippen molar-refractivity contribution in [2.45, 2.75) is 30.0 Å². The summed E-state index contributed by atoms with van der Waals surface area (Å²) in [4.78, 5) is -0.379. The summed E-state index contributed by atoms with van der Waals surface area (Å²) in [5.74, 6) is -3.42. The van der Waals surface area contributed by atoms with E-state index in [-0.39, 0.29) is 16.6 Å². The smallest absolute Gasteiger partial charge is 0.341 e. The van der Waals surface area contributed by atoms with Crippen LogP contribution < -0.4 is 5.32 Å². The Balaban J connectivity index is 3.11. The molecule has 0 bridgehead atoms. The zero-order chi connectivity index (χ0) is 13.8. The fraction of sp³-hybridized carbons (Fsp3) is 0.333. The maximum atomic E-state index is 12.5. The van der Waals surface area contributed by atoms with E-state index < -0.39 is 15.6 Å². The minimum Gasteiger partial charge on any atom is -0.381 e. The normalized spacial score (nSPS) is 13.3. The van der Waals surface area contributed by atoms with Gasteiger partial charge < -0.3 is 5.32 Å². The van der Waals surface area contributed by atoms with Crippen LogP contribution in [0, 0.1) is 0 Å². The van der Waals surface area contributed by atoms with Gasteiger partial charge in [0.25, 0.3) is 0 Å². The molecule has 1 rings (SSSR count). The van der Waals surface area contributed by atoms with E-state index in [1.807, 2.05) is 6.92 Å². The number of hydrogen-bond donors (Lipinski definition) is 1. The topological polar surface area (TPSA) is 46.2 Å². The largest absolute Gasteiger partial charge is 0.381 e. The molecule has 0 radical (unpaired) electrons. The van der Waals surface area contributed by atoms with Gasteiger partial charge in [-0.2, -0.15) is 8.78 Å². The maximum absolute atomic E-state index is 12.5. The summed E-state index contributed by atoms with van der Waals surface area (Å²) in [7, 11) is -4.59. The molecule has 0 fully saturated rings. The van der Waals surface area contributed by atoms with E-state index in [4.69, 9.17) is 0 Å². The number of hydrogen-bond acceptors (Lipinski definition) is 3. The van der Waals surface area contributed by atoms with Crippen molar-refractivity contribution in [3.8, 4) is 0 Å². The fourth-order valence-corrected chi connectivity index (χ4v) is 2.40. The van der Waals surface area contributed by atoms with Crippen molar-refractivity contribution >= 4 is 15.5 Å². The van der Waals surface area contributed by atoms with Crippen molar-refractivity contribution in [3.05, 3.63) is 36.9 Å². The molecular weight excluding hydrogens is 260 g/mol. The van der Waals surface area contributed by atoms with Crippen molar-refractivity contribution in [2.75, 3.05) is 5.32 Å². The molecule has 0 heterocycles. The number of anilines is 1. The van der Waals surface area contributed by atoms with Gasteiger partial charge in [0.2, 0.25) is 9.84 Å². The first-order valence-corrected chi connectivity index (χ1v) is 6.92. The summed E-state index contributed by atoms with van der Waals surface area (Å²) in [6.07, 6.45) is 2.27. The highest BCUT2D eigenvalue weighted by atomic mass is 32.2. The van der Waals surface area contributed by atoms with Crippen molar-refractivity contribution < 1.29 is 17.2 Å². The van der Waals surface area contributed by atoms with Crippen LogP contribution in [0.15, 0.2) is 41.8 Å². The Kier molecular flexibility index (Phi) is 4.84. The zero-order valence-electron chi connectivity index (χ0n) is 9.94. The van der Waals surface area contributed by atoms with E-state index in [1.165, 1.54) is 18.2 Å². The monoisotopic (exact) mass is 275 g/mol. The lowest BCUT2D eigenvalue weighted by atomic mass is 10.2. The molecule has 1 atom stereocenters. The summed E-state index contributed by atoms with van der Waals surface area (Å²) in [5.41, 5.74) is 0.187. The Labute approximate surface area is 105 Å². The first kappa shape index (κ1) is 14.6. The number of nitrogens with one attached hydrogen (secondary N) is 1. The quantitative estimate of drug-likeness (QED) is 0.812. The van der Waals surface area contributed by atoms with Crippen LogP contribution >= 0.6 is 0 Å². The van der Waals surface area contributed by atoms with Gasteiger partial charge in [-0.15, -0.1) is 6.58 Å². The first-order valence-electron chi connectivity index (χ1n) is 5.38. The van der Waals surface area contributed by atoms with Crippen molar-refractivity contribution in [1.82, 2.24) is 0 Å². The summed E-state index contributed by atoms with van der Waals surface area (Å²) >= 11 is 0. The number of para-hydroxylation sites is 1. The first-order chi connectivity index (χ1) is 8.39. The second kappa shape index (κ2) is 5.95. The third-order valence-corrected chi connectivity index (χ3v) is 3.79. The van der Waals surface area contributed by atoms with E-state index in [1.54, 1.807) is 12.1 Å². The van der Waals surface area contributed by atoms with E-state index in [0.717, 1.165) is 0 Å². The van der Waals surface area contributed by atoms with Crippen molar-refractivity contribution in [2.24, 2.45) is 0 Å². The van der Waals surface area contributed by atoms with Gasteiger partial charge in [-0.05, 0) is 25.5 Å². The van der Waals surface area contributed by atoms with Crippen LogP contribution in [0.4, 0.5) is 14.5 Å². The summed E-state index contributed by atoms with van der Waals surface area (Å²) in [5, 5.41) is 2.89. The molecule has 18 heavy (non-hydrogen) atoms. The van der Waals surface area contributed by atoms with Gasteiger partial charge in [0.1, 0.15) is 0 Å². The molecule has 1 aromatic rings. The second-order valence-electron chi connectivity index (χ2n) is 3.87. The van der Waals surface area contributed by atoms with Gasteiger partial charge >= 0.3 is 5.76 Å². The van der Waals surface area contributed by atoms with Crippen LogP contribution in [0.5, 0.6) is 0 Å². The molecule has 100 valence electrons. The minimum atomic E-state index is -4.59. The summed E-state index contributed by atoms with van der Waals surface area (Å²) < 4.78 is 48.0. The predicted molar refractivity (Wildman–Crippen MR) is 67.5 cm³/mol. The molecule has 0 aliphatic heterocycles. The number of sulfone groups is 1. The van der Waals surface area contributed by atoms with E-state index in [9.17, 15) is 17.2 Å². The zero-order valence-corrected chi connectivity index (χ0v) is 10.8. The predicted octanol–water partition coefficient (Wildman–Crippen LogP) is 3.06. The van der Waals surface area contributed by atoms with E-state index in [2.05, 4.69) is 11.9 Å². The number of halogens is 2. The van der Waals surface area contributed by atoms with Crippen LogP contribution in [-0.4, -0.2) is 20.2 Å². The SMILES string of the molecule is C=CCC(C)Nc1ccccc1S(=O)(=O)C(F)F. The molecule has 6 heteroatoms. The van der Waals surface area contributed by atoms with E-state index >= 15 is 0 Å². The summed E-state index contributed by atoms with van der Waals surface area (Å²) in [6, 6.07) is 5.56. The van der Waals surface area contributed by atoms with Gasteiger partial charge in [-0.25, -0.2) is 8.42 Å². The second-order valence-corrected chi connectivity index (χ2v) is 5.76. The third kappa shape index (κ3) is 3.29. The number of benzene rings is 1. The van der Waals surface area contributed by atoms with Crippen LogP contribution in [0.25, 0.3) is 0 Å². The lowest BCUT2D eigenvalue weighted by Gasteiger charge is -2.16. The summed E-state index contributed by atoms with van der Waals surface area (Å²) in [6.45, 7) is 5.38. The minimum absolute atomic E-state index is 0.0866. The molecule has 1 aromatic carbocycles. The lowest BCUT2D eigenvalue weighted by molar-refractivity contribution is 0.235. The lowest BCUT2D eigenvalue weighted by Crippen LogP contribution is -2.18. The molecular formula is C12H15F2NO2S. The van der Waals surface area contributed by atoms with Gasteiger partial charge in [0.05, 0.1) is 10.6 Å². The van der Waals surface area contributed by atoms with Crippen molar-refractivity contribution in [1.29, 1.82) is 0 Å². The highest BCUT2D eigenvalue weighted by molar-refractivity contribution is 7.91. The Hall–Kier alpha value is -1.43. The highest BCUT2D eigenvalue weighted by Crippen LogP contribution is 2.26. The number of rotatable bonds is 6. The highest BCUT2D eigenvalue weighted by Gasteiger charge is 2.29. The van der Waals surface area contributed by atoms with Crippen LogP contribution in [-0.2, 0) is 9.84 Å². The molecule has 0 aliphatic rings. The third-order valence-electron chi connectivity index (χ3n) is 2.35. The molecule has 0 saturated heterocycles. The average molecular weight is 275 g/mol. The van der Waals surface area contributed by atoms with Gasteiger partial charge in [-0.3, -0.25) is 0 Å². The molecule has 0 aliphatic carbocycles. The molecule has 1 unspecified atom stereocenters. The van der Waals surface area contributed by atoms with Gasteiger partial charge in [0, 0.05) is 6.04 Å². The average Bonchev–Trinajstić information content (AvgIpc) is 2.29. The van der Waals surface area contributed by atoms with Gasteiger partial charge in [0.15, 0.2) is 0 Å². The van der Waals surface area contributed by atoms with E-state index in [0.29, 0.717) is 6.42 Å². The van der Waals surface area contributed by atoms with Gasteiger partial charge in [-0.1, -0.05) is 18.2 Å². The fourth-order valence-electron chi connectivity index (χ4n) is 1.50. The molecule has 0 saturated carbocycles. The molecule has 0 spiro atoms. The standard InChI is InChI=1S/C12H15F2NO2S/c1-3-6-9(2)15-10-7-4-5-8-11(10)18(16,17)12(13)14/h3-5,7-9,12,15H,1,6H2,2H3. The Morgan fingerprint density at radius 1 is 1.39 bits per heavy atom. The number of alkyl halides is 2. The Morgan fingerprint density at radius 2 is 2.00 bits per heavy atom. The molecule has 3 nitrogen and oxygen atoms in total. The van der Waals surface area contributed by atoms with Crippen LogP contribution in [0.1, 0.15) is 13.3 Å². The molecule has 0 aromatic heterocycles. The Bertz CT molecular complexity index is 515. The molecule has 0 amide bonds.